The Labute approximate surface area is 125 Å². The van der Waals surface area contributed by atoms with E-state index in [1.54, 1.807) is 10.5 Å². The van der Waals surface area contributed by atoms with E-state index < -0.39 is 0 Å². The molecule has 106 valence electrons. The molecule has 1 aliphatic rings. The maximum atomic E-state index is 12.5. The topological polar surface area (TPSA) is 35.9 Å². The number of thiol groups is 1. The van der Waals surface area contributed by atoms with Crippen molar-refractivity contribution in [3.8, 4) is 0 Å². The van der Waals surface area contributed by atoms with Crippen LogP contribution in [0.25, 0.3) is 0 Å². The molecular formula is C15H19N3OS. The van der Waals surface area contributed by atoms with Gasteiger partial charge in [-0.05, 0) is 39.8 Å². The monoisotopic (exact) mass is 289 g/mol. The molecule has 0 aromatic heterocycles. The molecule has 0 aliphatic carbocycles. The van der Waals surface area contributed by atoms with E-state index in [4.69, 9.17) is 0 Å². The number of carbonyl (C=O) groups is 1. The van der Waals surface area contributed by atoms with E-state index in [0.717, 1.165) is 5.69 Å². The fraction of sp³-hybridized carbons (Fsp3) is 0.333. The Balaban J connectivity index is 2.31. The van der Waals surface area contributed by atoms with Gasteiger partial charge in [0.2, 0.25) is 0 Å². The molecular weight excluding hydrogens is 270 g/mol. The first-order chi connectivity index (χ1) is 9.30. The summed E-state index contributed by atoms with van der Waals surface area (Å²) in [6.45, 7) is 7.91. The number of benzene rings is 1. The van der Waals surface area contributed by atoms with Crippen LogP contribution in [0.4, 0.5) is 5.69 Å². The molecule has 1 heterocycles. The maximum absolute atomic E-state index is 12.5. The number of anilines is 1. The highest BCUT2D eigenvalue weighted by Gasteiger charge is 2.30. The van der Waals surface area contributed by atoms with E-state index in [9.17, 15) is 4.79 Å². The molecule has 0 radical (unpaired) electrons. The minimum absolute atomic E-state index is 0.128. The van der Waals surface area contributed by atoms with E-state index in [2.05, 4.69) is 17.9 Å². The second-order valence-electron chi connectivity index (χ2n) is 5.70. The van der Waals surface area contributed by atoms with Gasteiger partial charge in [0.15, 0.2) is 0 Å². The van der Waals surface area contributed by atoms with Gasteiger partial charge >= 0.3 is 0 Å². The summed E-state index contributed by atoms with van der Waals surface area (Å²) in [6, 6.07) is 9.40. The Morgan fingerprint density at radius 2 is 1.85 bits per heavy atom. The highest BCUT2D eigenvalue weighted by Crippen LogP contribution is 2.25. The van der Waals surface area contributed by atoms with Crippen LogP contribution in [-0.4, -0.2) is 21.5 Å². The lowest BCUT2D eigenvalue weighted by Crippen LogP contribution is -2.31. The lowest BCUT2D eigenvalue weighted by atomic mass is 10.1. The highest BCUT2D eigenvalue weighted by atomic mass is 32.1. The van der Waals surface area contributed by atoms with Gasteiger partial charge in [-0.2, -0.15) is 10.1 Å². The number of hydrogen-bond acceptors (Lipinski definition) is 4. The van der Waals surface area contributed by atoms with Crippen LogP contribution in [0.3, 0.4) is 0 Å². The van der Waals surface area contributed by atoms with Crippen molar-refractivity contribution in [1.82, 2.24) is 4.31 Å². The van der Waals surface area contributed by atoms with Gasteiger partial charge in [0.25, 0.3) is 5.91 Å². The molecule has 1 aromatic carbocycles. The van der Waals surface area contributed by atoms with Crippen LogP contribution in [0.1, 0.15) is 27.7 Å². The first-order valence-electron chi connectivity index (χ1n) is 6.46. The molecule has 1 aromatic rings. The summed E-state index contributed by atoms with van der Waals surface area (Å²) < 4.78 is 1.73. The van der Waals surface area contributed by atoms with Gasteiger partial charge in [-0.15, -0.1) is 0 Å². The summed E-state index contributed by atoms with van der Waals surface area (Å²) in [4.78, 5) is 12.5. The first kappa shape index (κ1) is 14.7. The van der Waals surface area contributed by atoms with Gasteiger partial charge in [-0.1, -0.05) is 31.0 Å². The van der Waals surface area contributed by atoms with Crippen LogP contribution >= 0.6 is 12.8 Å². The van der Waals surface area contributed by atoms with Crippen LogP contribution in [0, 0.1) is 0 Å². The molecule has 0 fully saturated rings. The predicted molar refractivity (Wildman–Crippen MR) is 85.7 cm³/mol. The lowest BCUT2D eigenvalue weighted by Gasteiger charge is -2.29. The van der Waals surface area contributed by atoms with Gasteiger partial charge in [0.1, 0.15) is 0 Å². The van der Waals surface area contributed by atoms with E-state index in [1.165, 1.54) is 5.01 Å². The molecule has 0 N–H and O–H groups in total. The second-order valence-corrected chi connectivity index (χ2v) is 6.13. The van der Waals surface area contributed by atoms with Crippen molar-refractivity contribution in [2.75, 3.05) is 5.01 Å². The number of rotatable bonds is 2. The number of nitrogens with zero attached hydrogens (tertiary/aromatic N) is 3. The Morgan fingerprint density at radius 1 is 1.25 bits per heavy atom. The summed E-state index contributed by atoms with van der Waals surface area (Å²) in [7, 11) is 0. The number of amides is 1. The molecule has 2 rings (SSSR count). The predicted octanol–water partition coefficient (Wildman–Crippen LogP) is 3.24. The standard InChI is InChI=1S/C15H19N3OS/c1-11-13(10-17(20)15(2,3)4)14(19)18(16-11)12-8-6-5-7-9-12/h5-10,20H,1-4H3/b13-10+. The summed E-state index contributed by atoms with van der Waals surface area (Å²) in [5.41, 5.74) is 1.86. The van der Waals surface area contributed by atoms with Gasteiger partial charge in [0, 0.05) is 11.7 Å². The van der Waals surface area contributed by atoms with Crippen molar-refractivity contribution in [3.63, 3.8) is 0 Å². The largest absolute Gasteiger partial charge is 0.320 e. The van der Waals surface area contributed by atoms with E-state index in [-0.39, 0.29) is 11.4 Å². The van der Waals surface area contributed by atoms with Crippen molar-refractivity contribution in [1.29, 1.82) is 0 Å². The minimum Gasteiger partial charge on any atom is -0.320 e. The zero-order chi connectivity index (χ0) is 14.9. The van der Waals surface area contributed by atoms with Gasteiger partial charge in [0.05, 0.1) is 17.0 Å². The first-order valence-corrected chi connectivity index (χ1v) is 6.86. The van der Waals surface area contributed by atoms with Crippen molar-refractivity contribution in [3.05, 3.63) is 42.1 Å². The van der Waals surface area contributed by atoms with Crippen LogP contribution in [0.5, 0.6) is 0 Å². The third kappa shape index (κ3) is 2.88. The van der Waals surface area contributed by atoms with Crippen molar-refractivity contribution in [2.24, 2.45) is 5.10 Å². The summed E-state index contributed by atoms with van der Waals surface area (Å²) >= 11 is 4.42. The molecule has 0 spiro atoms. The fourth-order valence-electron chi connectivity index (χ4n) is 1.73. The van der Waals surface area contributed by atoms with Crippen molar-refractivity contribution in [2.45, 2.75) is 33.2 Å². The average molecular weight is 289 g/mol. The highest BCUT2D eigenvalue weighted by molar-refractivity contribution is 7.77. The SMILES string of the molecule is CC1=NN(c2ccccc2)C(=O)/C1=C/N(S)C(C)(C)C. The second kappa shape index (κ2) is 5.32. The zero-order valence-electron chi connectivity index (χ0n) is 12.2. The van der Waals surface area contributed by atoms with E-state index in [1.807, 2.05) is 58.0 Å². The normalized spacial score (nSPS) is 17.6. The fourth-order valence-corrected chi connectivity index (χ4v) is 1.84. The molecule has 20 heavy (non-hydrogen) atoms. The molecule has 0 saturated heterocycles. The molecule has 0 unspecified atom stereocenters. The van der Waals surface area contributed by atoms with E-state index >= 15 is 0 Å². The van der Waals surface area contributed by atoms with E-state index in [0.29, 0.717) is 11.3 Å². The molecule has 0 saturated carbocycles. The van der Waals surface area contributed by atoms with Crippen LogP contribution in [0.2, 0.25) is 0 Å². The number of carbonyl (C=O) groups excluding carboxylic acids is 1. The molecule has 1 amide bonds. The Hall–Kier alpha value is -1.75. The lowest BCUT2D eigenvalue weighted by molar-refractivity contribution is -0.114. The van der Waals surface area contributed by atoms with Crippen molar-refractivity contribution >= 4 is 30.1 Å². The molecule has 5 heteroatoms. The third-order valence-electron chi connectivity index (χ3n) is 3.00. The summed E-state index contributed by atoms with van der Waals surface area (Å²) in [5.74, 6) is -0.128. The quantitative estimate of drug-likeness (QED) is 0.670. The van der Waals surface area contributed by atoms with Crippen LogP contribution in [0.15, 0.2) is 47.2 Å². The average Bonchev–Trinajstić information content (AvgIpc) is 2.66. The summed E-state index contributed by atoms with van der Waals surface area (Å²) in [5, 5.41) is 5.75. The van der Waals surface area contributed by atoms with Gasteiger partial charge < -0.3 is 4.31 Å². The molecule has 0 bridgehead atoms. The Bertz CT molecular complexity index is 573. The van der Waals surface area contributed by atoms with Crippen LogP contribution in [-0.2, 0) is 4.79 Å². The Morgan fingerprint density at radius 3 is 2.40 bits per heavy atom. The minimum atomic E-state index is -0.170. The zero-order valence-corrected chi connectivity index (χ0v) is 13.1. The molecule has 4 nitrogen and oxygen atoms in total. The maximum Gasteiger partial charge on any atom is 0.282 e. The number of hydrazone groups is 1. The summed E-state index contributed by atoms with van der Waals surface area (Å²) in [6.07, 6.45) is 1.74. The third-order valence-corrected chi connectivity index (χ3v) is 3.72. The smallest absolute Gasteiger partial charge is 0.282 e. The van der Waals surface area contributed by atoms with Crippen LogP contribution < -0.4 is 5.01 Å². The van der Waals surface area contributed by atoms with Gasteiger partial charge in [-0.3, -0.25) is 4.79 Å². The Kier molecular flexibility index (Phi) is 3.90. The number of hydrogen-bond donors (Lipinski definition) is 1. The van der Waals surface area contributed by atoms with Crippen molar-refractivity contribution < 1.29 is 4.79 Å². The number of para-hydroxylation sites is 1. The molecule has 1 aliphatic heterocycles. The van der Waals surface area contributed by atoms with Gasteiger partial charge in [-0.25, -0.2) is 0 Å². The molecule has 0 atom stereocenters.